The van der Waals surface area contributed by atoms with Crippen LogP contribution in [0.4, 0.5) is 0 Å². The van der Waals surface area contributed by atoms with Crippen molar-refractivity contribution in [1.29, 1.82) is 0 Å². The van der Waals surface area contributed by atoms with Gasteiger partial charge in [0.25, 0.3) is 0 Å². The van der Waals surface area contributed by atoms with Crippen LogP contribution >= 0.6 is 0 Å². The number of rotatable bonds is 10. The molecule has 0 saturated heterocycles. The van der Waals surface area contributed by atoms with Crippen LogP contribution in [0.5, 0.6) is 0 Å². The highest BCUT2D eigenvalue weighted by Gasteiger charge is 2.71. The Morgan fingerprint density at radius 3 is 2.18 bits per heavy atom. The Bertz CT molecular complexity index is 1800. The van der Waals surface area contributed by atoms with Crippen LogP contribution in [0.2, 0.25) is 0 Å². The number of primary amides is 1. The van der Waals surface area contributed by atoms with Gasteiger partial charge in [0.15, 0.2) is 5.78 Å². The molecule has 10 nitrogen and oxygen atoms in total. The number of ether oxygens (including phenoxy) is 1. The molecule has 1 aromatic rings. The summed E-state index contributed by atoms with van der Waals surface area (Å²) in [5.74, 6) is -2.57. The van der Waals surface area contributed by atoms with Gasteiger partial charge in [-0.1, -0.05) is 84.4 Å². The number of allylic oxidation sites excluding steroid dienone is 1. The van der Waals surface area contributed by atoms with E-state index in [0.29, 0.717) is 18.3 Å². The topological polar surface area (TPSA) is 164 Å². The number of hydrogen-bond acceptors (Lipinski definition) is 7. The highest BCUT2D eigenvalue weighted by molar-refractivity contribution is 6.34. The number of Topliss-reactive ketones (excluding diaryl/α,β-unsaturated/α-hetero) is 1. The maximum Gasteiger partial charge on any atom is 0.312 e. The van der Waals surface area contributed by atoms with E-state index in [1.54, 1.807) is 13.8 Å². The van der Waals surface area contributed by atoms with Crippen molar-refractivity contribution in [3.63, 3.8) is 0 Å². The van der Waals surface area contributed by atoms with Crippen molar-refractivity contribution in [3.8, 4) is 0 Å². The molecule has 0 radical (unpaired) electrons. The fourth-order valence-corrected chi connectivity index (χ4v) is 13.5. The summed E-state index contributed by atoms with van der Waals surface area (Å²) in [5.41, 5.74) is 5.71. The summed E-state index contributed by atoms with van der Waals surface area (Å²) >= 11 is 0. The molecule has 5 aliphatic carbocycles. The second kappa shape index (κ2) is 14.4. The zero-order valence-corrected chi connectivity index (χ0v) is 35.2. The predicted octanol–water partition coefficient (Wildman–Crippen LogP) is 7.25. The Labute approximate surface area is 333 Å². The lowest BCUT2D eigenvalue weighted by Crippen LogP contribution is -2.66. The van der Waals surface area contributed by atoms with Crippen LogP contribution < -0.4 is 5.73 Å². The number of nitrogens with two attached hydrogens (primary N) is 1. The van der Waals surface area contributed by atoms with E-state index in [9.17, 15) is 34.2 Å². The first-order chi connectivity index (χ1) is 26.0. The number of carboxylic acid groups (broad SMARTS) is 1. The summed E-state index contributed by atoms with van der Waals surface area (Å²) in [6, 6.07) is 9.35. The van der Waals surface area contributed by atoms with Crippen molar-refractivity contribution < 1.29 is 38.9 Å². The molecule has 0 spiro atoms. The van der Waals surface area contributed by atoms with E-state index >= 15 is 0 Å². The molecule has 4 N–H and O–H groups in total. The lowest BCUT2D eigenvalue weighted by molar-refractivity contribution is -0.235. The summed E-state index contributed by atoms with van der Waals surface area (Å²) in [5, 5.41) is 22.1. The third kappa shape index (κ3) is 6.54. The molecule has 1 aromatic carbocycles. The van der Waals surface area contributed by atoms with Gasteiger partial charge in [0.2, 0.25) is 0 Å². The minimum absolute atomic E-state index is 0.0183. The number of ketones is 1. The molecule has 0 unspecified atom stereocenters. The molecule has 308 valence electrons. The zero-order chi connectivity index (χ0) is 41.4. The second-order valence-electron chi connectivity index (χ2n) is 20.6. The molecule has 0 heterocycles. The Kier molecular flexibility index (Phi) is 10.8. The molecule has 5 aliphatic rings. The number of esters is 1. The third-order valence-corrected chi connectivity index (χ3v) is 16.6. The van der Waals surface area contributed by atoms with Crippen LogP contribution in [0.25, 0.3) is 0 Å². The number of aliphatic carboxylic acids is 1. The van der Waals surface area contributed by atoms with Gasteiger partial charge in [-0.3, -0.25) is 24.0 Å². The van der Waals surface area contributed by atoms with Gasteiger partial charge in [0, 0.05) is 30.3 Å². The van der Waals surface area contributed by atoms with Crippen molar-refractivity contribution in [2.75, 3.05) is 6.54 Å². The molecule has 4 fully saturated rings. The predicted molar refractivity (Wildman–Crippen MR) is 212 cm³/mol. The van der Waals surface area contributed by atoms with Gasteiger partial charge >= 0.3 is 23.8 Å². The van der Waals surface area contributed by atoms with Gasteiger partial charge < -0.3 is 25.6 Å². The first-order valence-electron chi connectivity index (χ1n) is 21.0. The largest absolute Gasteiger partial charge is 0.481 e. The number of amides is 2. The fraction of sp³-hybridized carbons (Fsp3) is 0.717. The number of carboxylic acids is 1. The van der Waals surface area contributed by atoms with Crippen LogP contribution in [-0.4, -0.2) is 63.4 Å². The van der Waals surface area contributed by atoms with E-state index in [4.69, 9.17) is 10.5 Å². The van der Waals surface area contributed by atoms with Crippen molar-refractivity contribution in [2.24, 2.45) is 61.9 Å². The van der Waals surface area contributed by atoms with Gasteiger partial charge in [-0.25, -0.2) is 0 Å². The Morgan fingerprint density at radius 2 is 1.57 bits per heavy atom. The number of nitrogens with zero attached hydrogens (tertiary/aromatic N) is 1. The maximum atomic E-state index is 14.2. The lowest BCUT2D eigenvalue weighted by Gasteiger charge is -2.72. The Morgan fingerprint density at radius 1 is 0.911 bits per heavy atom. The van der Waals surface area contributed by atoms with Crippen molar-refractivity contribution in [1.82, 2.24) is 4.90 Å². The number of aliphatic hydroxyl groups is 1. The van der Waals surface area contributed by atoms with Gasteiger partial charge in [-0.2, -0.15) is 0 Å². The summed E-state index contributed by atoms with van der Waals surface area (Å²) < 4.78 is 6.15. The number of hydrogen-bond donors (Lipinski definition) is 3. The third-order valence-electron chi connectivity index (χ3n) is 16.6. The maximum absolute atomic E-state index is 14.2. The molecule has 10 heteroatoms. The molecular weight excluding hydrogens is 709 g/mol. The van der Waals surface area contributed by atoms with E-state index in [0.717, 1.165) is 61.7 Å². The number of aliphatic hydroxyl groups excluding tert-OH is 1. The average Bonchev–Trinajstić information content (AvgIpc) is 3.42. The minimum Gasteiger partial charge on any atom is -0.481 e. The van der Waals surface area contributed by atoms with Gasteiger partial charge in [-0.15, -0.1) is 0 Å². The number of carbonyl (C=O) groups excluding carboxylic acids is 4. The van der Waals surface area contributed by atoms with Gasteiger partial charge in [0.05, 0.1) is 17.9 Å². The molecule has 0 aromatic heterocycles. The highest BCUT2D eigenvalue weighted by Crippen LogP contribution is 2.77. The normalized spacial score (nSPS) is 35.4. The molecule has 6 rings (SSSR count). The monoisotopic (exact) mass is 774 g/mol. The highest BCUT2D eigenvalue weighted by atomic mass is 16.5. The van der Waals surface area contributed by atoms with Crippen molar-refractivity contribution in [3.05, 3.63) is 47.0 Å². The molecule has 4 saturated carbocycles. The average molecular weight is 775 g/mol. The van der Waals surface area contributed by atoms with Gasteiger partial charge in [-0.05, 0) is 116 Å². The van der Waals surface area contributed by atoms with Crippen LogP contribution in [-0.2, 0) is 35.3 Å². The second-order valence-corrected chi connectivity index (χ2v) is 20.6. The molecule has 2 amide bonds. The fourth-order valence-electron chi connectivity index (χ4n) is 13.5. The first-order valence-corrected chi connectivity index (χ1v) is 21.0. The van der Waals surface area contributed by atoms with Crippen LogP contribution in [0.3, 0.4) is 0 Å². The molecule has 56 heavy (non-hydrogen) atoms. The summed E-state index contributed by atoms with van der Waals surface area (Å²) in [6.07, 6.45) is 5.59. The Hall–Kier alpha value is -3.53. The van der Waals surface area contributed by atoms with E-state index in [2.05, 4.69) is 48.5 Å². The van der Waals surface area contributed by atoms with Crippen molar-refractivity contribution >= 4 is 29.5 Å². The van der Waals surface area contributed by atoms with Gasteiger partial charge in [0.1, 0.15) is 6.10 Å². The lowest BCUT2D eigenvalue weighted by atomic mass is 9.33. The smallest absolute Gasteiger partial charge is 0.312 e. The van der Waals surface area contributed by atoms with E-state index in [1.807, 2.05) is 30.3 Å². The number of benzene rings is 1. The minimum atomic E-state index is -1.20. The summed E-state index contributed by atoms with van der Waals surface area (Å²) in [7, 11) is 0. The summed E-state index contributed by atoms with van der Waals surface area (Å²) in [6.45, 7) is 19.1. The van der Waals surface area contributed by atoms with Crippen molar-refractivity contribution in [2.45, 2.75) is 145 Å². The SMILES string of the molecule is CC(C)C1=C2[C@H]3CC[C@@H]4[C@@]5(C)CC[C@H](OC(=O)CC(C)(C)C(=O)O)C(C)(C)[C@@H]5CC[C@@]4(C)[C@]3(C)CC[C@@]2([C@@H](O)CN(Cc2ccccc2)C(=O)C(N)=O)CC1=O. The summed E-state index contributed by atoms with van der Waals surface area (Å²) in [4.78, 5) is 65.9. The first kappa shape index (κ1) is 42.1. The van der Waals surface area contributed by atoms with Crippen LogP contribution in [0, 0.1) is 56.2 Å². The quantitative estimate of drug-likeness (QED) is 0.165. The number of carbonyl (C=O) groups is 5. The Balaban J connectivity index is 1.30. The van der Waals surface area contributed by atoms with Crippen LogP contribution in [0.1, 0.15) is 132 Å². The standard InChI is InChI=1S/C46H66N2O8/c1-27(2)36-30(49)23-46(33(50)26-48(39(53)38(47)52)25-28-13-11-10-12-14-28)22-21-44(8)29(37(36)46)15-16-32-43(7)19-18-34(56-35(51)24-41(3,4)40(54)55)42(5,6)31(43)17-20-45(32,44)9/h10-14,27,29,31-34,50H,15-26H2,1-9H3,(H2,47,52)(H,54,55)/t29-,31+,32-,33+,34+,43+,44-,45-,46+/m1/s1. The van der Waals surface area contributed by atoms with Crippen LogP contribution in [0.15, 0.2) is 41.5 Å². The molecule has 0 aliphatic heterocycles. The zero-order valence-electron chi connectivity index (χ0n) is 35.2. The molecule has 0 bridgehead atoms. The molecular formula is C46H66N2O8. The number of fused-ring (bicyclic) bond motifs is 7. The van der Waals surface area contributed by atoms with E-state index in [1.165, 1.54) is 4.90 Å². The molecule has 9 atom stereocenters. The van der Waals surface area contributed by atoms with E-state index < -0.39 is 40.7 Å². The van der Waals surface area contributed by atoms with E-state index in [-0.39, 0.29) is 71.3 Å².